The highest BCUT2D eigenvalue weighted by Crippen LogP contribution is 2.35. The molecule has 0 spiro atoms. The number of nitrogens with one attached hydrogen (secondary N) is 1. The molecule has 0 aliphatic heterocycles. The molecule has 0 amide bonds. The van der Waals surface area contributed by atoms with Crippen molar-refractivity contribution in [3.05, 3.63) is 58.6 Å². The summed E-state index contributed by atoms with van der Waals surface area (Å²) in [5.41, 5.74) is 1.04. The Balaban J connectivity index is 2.25. The third-order valence-electron chi connectivity index (χ3n) is 2.49. The predicted octanol–water partition coefficient (Wildman–Crippen LogP) is 4.49. The van der Waals surface area contributed by atoms with Gasteiger partial charge in [-0.1, -0.05) is 29.4 Å². The largest absolute Gasteiger partial charge is 0.316 e. The quantitative estimate of drug-likeness (QED) is 0.893. The van der Waals surface area contributed by atoms with Gasteiger partial charge in [-0.3, -0.25) is 0 Å². The summed E-state index contributed by atoms with van der Waals surface area (Å²) in [6.07, 6.45) is 0. The van der Waals surface area contributed by atoms with Crippen LogP contribution >= 0.6 is 23.4 Å². The molecule has 0 atom stereocenters. The molecule has 0 bridgehead atoms. The third-order valence-corrected chi connectivity index (χ3v) is 4.02. The average molecular weight is 300 g/mol. The summed E-state index contributed by atoms with van der Waals surface area (Å²) >= 11 is 7.26. The van der Waals surface area contributed by atoms with E-state index in [0.717, 1.165) is 35.5 Å². The minimum Gasteiger partial charge on any atom is -0.316 e. The molecule has 0 aromatic heterocycles. The lowest BCUT2D eigenvalue weighted by Gasteiger charge is -2.07. The van der Waals surface area contributed by atoms with E-state index in [-0.39, 0.29) is 4.90 Å². The van der Waals surface area contributed by atoms with Crippen molar-refractivity contribution >= 4 is 23.4 Å². The fraction of sp³-hybridized carbons (Fsp3) is 0.143. The summed E-state index contributed by atoms with van der Waals surface area (Å²) in [5, 5.41) is 3.55. The van der Waals surface area contributed by atoms with Crippen LogP contribution in [0.5, 0.6) is 0 Å². The molecule has 0 heterocycles. The van der Waals surface area contributed by atoms with Gasteiger partial charge in [-0.05, 0) is 42.9 Å². The van der Waals surface area contributed by atoms with Gasteiger partial charge in [0.2, 0.25) is 0 Å². The van der Waals surface area contributed by atoms with Crippen LogP contribution in [-0.2, 0) is 6.54 Å². The third kappa shape index (κ3) is 3.69. The van der Waals surface area contributed by atoms with E-state index in [0.29, 0.717) is 16.5 Å². The number of hydrogen-bond acceptors (Lipinski definition) is 2. The second-order valence-corrected chi connectivity index (χ2v) is 5.46. The van der Waals surface area contributed by atoms with Crippen molar-refractivity contribution in [2.24, 2.45) is 0 Å². The molecular formula is C14H12ClF2NS. The van der Waals surface area contributed by atoms with Gasteiger partial charge in [0.15, 0.2) is 0 Å². The lowest BCUT2D eigenvalue weighted by Crippen LogP contribution is -2.04. The van der Waals surface area contributed by atoms with Crippen molar-refractivity contribution in [2.75, 3.05) is 7.05 Å². The Morgan fingerprint density at radius 3 is 2.58 bits per heavy atom. The first-order valence-electron chi connectivity index (χ1n) is 5.66. The van der Waals surface area contributed by atoms with Crippen LogP contribution in [0.2, 0.25) is 5.02 Å². The molecule has 2 aromatic carbocycles. The van der Waals surface area contributed by atoms with Gasteiger partial charge in [-0.2, -0.15) is 0 Å². The normalized spacial score (nSPS) is 10.7. The van der Waals surface area contributed by atoms with Crippen LogP contribution in [0.3, 0.4) is 0 Å². The molecule has 19 heavy (non-hydrogen) atoms. The number of rotatable bonds is 4. The highest BCUT2D eigenvalue weighted by molar-refractivity contribution is 7.99. The lowest BCUT2D eigenvalue weighted by atomic mass is 10.2. The van der Waals surface area contributed by atoms with E-state index < -0.39 is 11.6 Å². The van der Waals surface area contributed by atoms with E-state index >= 15 is 0 Å². The molecule has 0 radical (unpaired) electrons. The molecule has 1 N–H and O–H groups in total. The Bertz CT molecular complexity index is 590. The van der Waals surface area contributed by atoms with Crippen molar-refractivity contribution in [1.82, 2.24) is 5.32 Å². The van der Waals surface area contributed by atoms with E-state index in [1.807, 2.05) is 25.2 Å². The minimum absolute atomic E-state index is 0.225. The molecule has 0 saturated heterocycles. The summed E-state index contributed by atoms with van der Waals surface area (Å²) in [6.45, 7) is 0.707. The van der Waals surface area contributed by atoms with Crippen LogP contribution in [0, 0.1) is 11.6 Å². The van der Waals surface area contributed by atoms with Gasteiger partial charge in [0.1, 0.15) is 11.6 Å². The highest BCUT2D eigenvalue weighted by atomic mass is 35.5. The van der Waals surface area contributed by atoms with Crippen LogP contribution in [0.1, 0.15) is 5.56 Å². The Kier molecular flexibility index (Phi) is 4.80. The van der Waals surface area contributed by atoms with Crippen molar-refractivity contribution in [2.45, 2.75) is 16.3 Å². The summed E-state index contributed by atoms with van der Waals surface area (Å²) in [5.74, 6) is -0.923. The van der Waals surface area contributed by atoms with Gasteiger partial charge in [0.25, 0.3) is 0 Å². The predicted molar refractivity (Wildman–Crippen MR) is 74.7 cm³/mol. The number of hydrogen-bond donors (Lipinski definition) is 1. The zero-order chi connectivity index (χ0) is 13.8. The minimum atomic E-state index is -0.466. The van der Waals surface area contributed by atoms with Crippen molar-refractivity contribution in [1.29, 1.82) is 0 Å². The first-order valence-corrected chi connectivity index (χ1v) is 6.85. The van der Waals surface area contributed by atoms with Crippen LogP contribution in [-0.4, -0.2) is 7.05 Å². The van der Waals surface area contributed by atoms with Crippen LogP contribution < -0.4 is 5.32 Å². The molecule has 5 heteroatoms. The van der Waals surface area contributed by atoms with E-state index in [1.54, 1.807) is 0 Å². The van der Waals surface area contributed by atoms with Crippen LogP contribution in [0.4, 0.5) is 8.78 Å². The van der Waals surface area contributed by atoms with E-state index in [1.165, 1.54) is 0 Å². The zero-order valence-electron chi connectivity index (χ0n) is 10.2. The molecule has 0 saturated carbocycles. The molecule has 1 nitrogen and oxygen atoms in total. The maximum Gasteiger partial charge on any atom is 0.137 e. The van der Waals surface area contributed by atoms with E-state index in [9.17, 15) is 8.78 Å². The Hall–Kier alpha value is -1.10. The molecule has 0 aliphatic carbocycles. The van der Waals surface area contributed by atoms with Gasteiger partial charge >= 0.3 is 0 Å². The SMILES string of the molecule is CNCc1ccc(Sc2cc(F)ccc2F)c(Cl)c1. The summed E-state index contributed by atoms with van der Waals surface area (Å²) < 4.78 is 26.6. The highest BCUT2D eigenvalue weighted by Gasteiger charge is 2.09. The van der Waals surface area contributed by atoms with Crippen LogP contribution in [0.25, 0.3) is 0 Å². The maximum absolute atomic E-state index is 13.5. The van der Waals surface area contributed by atoms with Crippen molar-refractivity contribution in [3.63, 3.8) is 0 Å². The average Bonchev–Trinajstić information content (AvgIpc) is 2.37. The molecule has 0 fully saturated rings. The molecule has 0 unspecified atom stereocenters. The van der Waals surface area contributed by atoms with E-state index in [2.05, 4.69) is 5.32 Å². The second kappa shape index (κ2) is 6.37. The molecular weight excluding hydrogens is 288 g/mol. The first-order chi connectivity index (χ1) is 9.10. The van der Waals surface area contributed by atoms with Crippen molar-refractivity contribution < 1.29 is 8.78 Å². The van der Waals surface area contributed by atoms with Gasteiger partial charge in [0.05, 0.1) is 9.92 Å². The topological polar surface area (TPSA) is 12.0 Å². The molecule has 2 aromatic rings. The van der Waals surface area contributed by atoms with Crippen LogP contribution in [0.15, 0.2) is 46.2 Å². The number of benzene rings is 2. The monoisotopic (exact) mass is 299 g/mol. The smallest absolute Gasteiger partial charge is 0.137 e. The Morgan fingerprint density at radius 1 is 1.11 bits per heavy atom. The van der Waals surface area contributed by atoms with Crippen molar-refractivity contribution in [3.8, 4) is 0 Å². The van der Waals surface area contributed by atoms with Gasteiger partial charge in [-0.15, -0.1) is 0 Å². The molecule has 0 aliphatic rings. The van der Waals surface area contributed by atoms with Gasteiger partial charge < -0.3 is 5.32 Å². The second-order valence-electron chi connectivity index (χ2n) is 3.97. The first kappa shape index (κ1) is 14.3. The Labute approximate surface area is 120 Å². The van der Waals surface area contributed by atoms with Gasteiger partial charge in [0, 0.05) is 11.4 Å². The maximum atomic E-state index is 13.5. The summed E-state index contributed by atoms with van der Waals surface area (Å²) in [6, 6.07) is 8.90. The number of halogens is 3. The fourth-order valence-electron chi connectivity index (χ4n) is 1.62. The van der Waals surface area contributed by atoms with E-state index in [4.69, 9.17) is 11.6 Å². The zero-order valence-corrected chi connectivity index (χ0v) is 11.8. The fourth-order valence-corrected chi connectivity index (χ4v) is 2.80. The molecule has 2 rings (SSSR count). The summed E-state index contributed by atoms with van der Waals surface area (Å²) in [4.78, 5) is 0.925. The Morgan fingerprint density at radius 2 is 1.89 bits per heavy atom. The molecule has 100 valence electrons. The summed E-state index contributed by atoms with van der Waals surface area (Å²) in [7, 11) is 1.85. The lowest BCUT2D eigenvalue weighted by molar-refractivity contribution is 0.577. The standard InChI is InChI=1S/C14H12ClF2NS/c1-18-8-9-2-5-13(11(15)6-9)19-14-7-10(16)3-4-12(14)17/h2-7,18H,8H2,1H3. The van der Waals surface area contributed by atoms with Gasteiger partial charge in [-0.25, -0.2) is 8.78 Å².